The summed E-state index contributed by atoms with van der Waals surface area (Å²) in [4.78, 5) is 33.9. The molecule has 0 radical (unpaired) electrons. The highest BCUT2D eigenvalue weighted by atomic mass is 32.2. The van der Waals surface area contributed by atoms with Gasteiger partial charge in [-0.25, -0.2) is 0 Å². The fourth-order valence-electron chi connectivity index (χ4n) is 6.17. The van der Waals surface area contributed by atoms with Gasteiger partial charge in [-0.1, -0.05) is 107 Å². The van der Waals surface area contributed by atoms with E-state index in [0.29, 0.717) is 27.9 Å². The molecule has 0 atom stereocenters. The molecular weight excluding hydrogens is 587 g/mol. The topological polar surface area (TPSA) is 72.6 Å². The highest BCUT2D eigenvalue weighted by molar-refractivity contribution is 8.26. The molecule has 0 spiro atoms. The number of thiocarbonyl (C=S) groups is 1. The van der Waals surface area contributed by atoms with Gasteiger partial charge < -0.3 is 9.80 Å². The van der Waals surface area contributed by atoms with Gasteiger partial charge in [-0.2, -0.15) is 5.26 Å². The third kappa shape index (κ3) is 8.13. The molecule has 2 aliphatic rings. The van der Waals surface area contributed by atoms with Crippen LogP contribution >= 0.6 is 24.0 Å². The largest absolute Gasteiger partial charge is 0.368 e. The molecule has 1 aromatic heterocycles. The molecule has 0 N–H and O–H groups in total. The molecule has 0 bridgehead atoms. The maximum Gasteiger partial charge on any atom is 0.270 e. The predicted octanol–water partition coefficient (Wildman–Crippen LogP) is 7.50. The first kappa shape index (κ1) is 33.8. The Bertz CT molecular complexity index is 1420. The van der Waals surface area contributed by atoms with Crippen molar-refractivity contribution in [3.8, 4) is 6.07 Å². The first-order valence-electron chi connectivity index (χ1n) is 16.4. The van der Waals surface area contributed by atoms with Gasteiger partial charge in [-0.15, -0.1) is 0 Å². The quantitative estimate of drug-likeness (QED) is 0.114. The second-order valence-corrected chi connectivity index (χ2v) is 13.4. The Morgan fingerprint density at radius 2 is 1.48 bits per heavy atom. The molecular formula is C35H47N5O2S2. The Balaban J connectivity index is 1.48. The number of thioether (sulfide) groups is 1. The summed E-state index contributed by atoms with van der Waals surface area (Å²) in [5.41, 5.74) is 2.41. The molecule has 2 fully saturated rings. The summed E-state index contributed by atoms with van der Waals surface area (Å²) in [6, 6.07) is 12.5. The Hall–Kier alpha value is -3.09. The van der Waals surface area contributed by atoms with Crippen molar-refractivity contribution in [3.05, 3.63) is 62.3 Å². The molecule has 44 heavy (non-hydrogen) atoms. The van der Waals surface area contributed by atoms with Crippen LogP contribution in [0.4, 0.5) is 11.5 Å². The van der Waals surface area contributed by atoms with Crippen molar-refractivity contribution in [2.75, 3.05) is 42.5 Å². The molecule has 2 aromatic rings. The van der Waals surface area contributed by atoms with Crippen LogP contribution < -0.4 is 15.4 Å². The van der Waals surface area contributed by atoms with Gasteiger partial charge in [-0.3, -0.25) is 19.1 Å². The zero-order valence-corrected chi connectivity index (χ0v) is 28.3. The number of carbonyl (C=O) groups is 1. The van der Waals surface area contributed by atoms with E-state index in [1.807, 2.05) is 38.1 Å². The Morgan fingerprint density at radius 1 is 0.886 bits per heavy atom. The van der Waals surface area contributed by atoms with Crippen LogP contribution in [0, 0.1) is 18.3 Å². The predicted molar refractivity (Wildman–Crippen MR) is 188 cm³/mol. The van der Waals surface area contributed by atoms with Crippen molar-refractivity contribution in [2.45, 2.75) is 91.5 Å². The fourth-order valence-corrected chi connectivity index (χ4v) is 7.47. The minimum atomic E-state index is -0.279. The van der Waals surface area contributed by atoms with Gasteiger partial charge in [0.1, 0.15) is 21.8 Å². The molecule has 0 aliphatic carbocycles. The minimum Gasteiger partial charge on any atom is -0.368 e. The lowest BCUT2D eigenvalue weighted by atomic mass is 10.0. The van der Waals surface area contributed by atoms with E-state index >= 15 is 0 Å². The van der Waals surface area contributed by atoms with Crippen molar-refractivity contribution in [1.29, 1.82) is 5.26 Å². The summed E-state index contributed by atoms with van der Waals surface area (Å²) in [6.07, 6.45) is 14.3. The molecule has 0 unspecified atom stereocenters. The molecule has 2 saturated heterocycles. The molecule has 1 amide bonds. The molecule has 4 rings (SSSR count). The molecule has 0 saturated carbocycles. The third-order valence-electron chi connectivity index (χ3n) is 8.75. The van der Waals surface area contributed by atoms with E-state index < -0.39 is 0 Å². The van der Waals surface area contributed by atoms with E-state index in [-0.39, 0.29) is 17.0 Å². The van der Waals surface area contributed by atoms with Gasteiger partial charge in [0, 0.05) is 50.5 Å². The molecule has 7 nitrogen and oxygen atoms in total. The molecule has 9 heteroatoms. The van der Waals surface area contributed by atoms with Crippen molar-refractivity contribution < 1.29 is 4.79 Å². The van der Waals surface area contributed by atoms with Gasteiger partial charge in [0.05, 0.1) is 4.91 Å². The number of unbranched alkanes of at least 4 members (excludes halogenated alkanes) is 9. The maximum absolute atomic E-state index is 13.6. The summed E-state index contributed by atoms with van der Waals surface area (Å²) in [5, 5.41) is 9.92. The van der Waals surface area contributed by atoms with Crippen LogP contribution in [0.25, 0.3) is 6.08 Å². The number of hydrogen-bond acceptors (Lipinski definition) is 7. The number of hydrogen-bond donors (Lipinski definition) is 0. The van der Waals surface area contributed by atoms with Crippen LogP contribution in [-0.2, 0) is 11.3 Å². The van der Waals surface area contributed by atoms with E-state index in [2.05, 4.69) is 34.9 Å². The first-order chi connectivity index (χ1) is 21.4. The number of rotatable bonds is 15. The number of anilines is 2. The van der Waals surface area contributed by atoms with Crippen LogP contribution in [0.5, 0.6) is 0 Å². The summed E-state index contributed by atoms with van der Waals surface area (Å²) in [5.74, 6) is 0.699. The van der Waals surface area contributed by atoms with Crippen LogP contribution in [0.2, 0.25) is 0 Å². The van der Waals surface area contributed by atoms with Crippen LogP contribution in [-0.4, -0.2) is 52.4 Å². The van der Waals surface area contributed by atoms with Gasteiger partial charge in [-0.05, 0) is 44.0 Å². The average Bonchev–Trinajstić information content (AvgIpc) is 3.31. The Kier molecular flexibility index (Phi) is 12.9. The van der Waals surface area contributed by atoms with Gasteiger partial charge in [0.25, 0.3) is 11.5 Å². The summed E-state index contributed by atoms with van der Waals surface area (Å²) >= 11 is 6.98. The number of benzene rings is 1. The lowest BCUT2D eigenvalue weighted by molar-refractivity contribution is -0.122. The second kappa shape index (κ2) is 16.8. The van der Waals surface area contributed by atoms with Gasteiger partial charge >= 0.3 is 0 Å². The third-order valence-corrected chi connectivity index (χ3v) is 10.1. The lowest BCUT2D eigenvalue weighted by Gasteiger charge is -2.39. The highest BCUT2D eigenvalue weighted by Gasteiger charge is 2.33. The number of nitriles is 1. The van der Waals surface area contributed by atoms with Crippen molar-refractivity contribution in [3.63, 3.8) is 0 Å². The Labute approximate surface area is 272 Å². The molecule has 236 valence electrons. The summed E-state index contributed by atoms with van der Waals surface area (Å²) < 4.78 is 2.28. The average molecular weight is 634 g/mol. The van der Waals surface area contributed by atoms with Crippen molar-refractivity contribution in [2.24, 2.45) is 0 Å². The number of pyridine rings is 1. The van der Waals surface area contributed by atoms with E-state index in [4.69, 9.17) is 12.2 Å². The fraction of sp³-hybridized carbons (Fsp3) is 0.543. The molecule has 1 aromatic carbocycles. The smallest absolute Gasteiger partial charge is 0.270 e. The number of piperazine rings is 1. The maximum atomic E-state index is 13.6. The number of carbonyl (C=O) groups excluding carboxylic acids is 1. The van der Waals surface area contributed by atoms with E-state index in [1.165, 1.54) is 68.8 Å². The number of para-hydroxylation sites is 1. The lowest BCUT2D eigenvalue weighted by Crippen LogP contribution is -2.48. The van der Waals surface area contributed by atoms with Crippen molar-refractivity contribution in [1.82, 2.24) is 9.47 Å². The van der Waals surface area contributed by atoms with E-state index in [1.54, 1.807) is 9.47 Å². The van der Waals surface area contributed by atoms with E-state index in [9.17, 15) is 14.9 Å². The summed E-state index contributed by atoms with van der Waals surface area (Å²) in [7, 11) is 0. The van der Waals surface area contributed by atoms with Crippen LogP contribution in [0.3, 0.4) is 0 Å². The second-order valence-electron chi connectivity index (χ2n) is 11.7. The number of nitrogens with zero attached hydrogens (tertiary/aromatic N) is 5. The highest BCUT2D eigenvalue weighted by Crippen LogP contribution is 2.36. The zero-order chi connectivity index (χ0) is 31.5. The van der Waals surface area contributed by atoms with Crippen molar-refractivity contribution >= 4 is 51.8 Å². The Morgan fingerprint density at radius 3 is 2.07 bits per heavy atom. The van der Waals surface area contributed by atoms with Gasteiger partial charge in [0.2, 0.25) is 0 Å². The van der Waals surface area contributed by atoms with Crippen LogP contribution in [0.15, 0.2) is 40.0 Å². The van der Waals surface area contributed by atoms with E-state index in [0.717, 1.165) is 50.4 Å². The molecule has 3 heterocycles. The minimum absolute atomic E-state index is 0.0806. The normalized spacial score (nSPS) is 16.3. The SMILES string of the molecule is CCCCCCCCCCCCN1C(=O)/C(=C/c2c(C)c(C#N)c(=O)n(CC)c2N2CCN(c3ccccc3)CC2)SC1=S. The van der Waals surface area contributed by atoms with Gasteiger partial charge in [0.15, 0.2) is 0 Å². The summed E-state index contributed by atoms with van der Waals surface area (Å²) in [6.45, 7) is 10.1. The molecule has 2 aliphatic heterocycles. The standard InChI is InChI=1S/C35H47N5O2S2/c1-4-6-7-8-9-10-11-12-13-17-20-40-34(42)31(44-35(40)43)25-29-27(3)30(26-36)33(41)39(5-2)32(29)38-23-21-37(22-24-38)28-18-15-14-16-19-28/h14-16,18-19,25H,4-13,17,20-24H2,1-3H3/b31-25-. The number of aromatic nitrogens is 1. The first-order valence-corrected chi connectivity index (χ1v) is 17.6. The van der Waals surface area contributed by atoms with Crippen LogP contribution in [0.1, 0.15) is 94.7 Å². The zero-order valence-electron chi connectivity index (χ0n) is 26.6. The monoisotopic (exact) mass is 633 g/mol. The number of amides is 1.